The summed E-state index contributed by atoms with van der Waals surface area (Å²) in [5.41, 5.74) is 11.0. The summed E-state index contributed by atoms with van der Waals surface area (Å²) in [4.78, 5) is 2.26. The van der Waals surface area contributed by atoms with Crippen LogP contribution in [-0.2, 0) is 0 Å². The lowest BCUT2D eigenvalue weighted by Gasteiger charge is -2.32. The summed E-state index contributed by atoms with van der Waals surface area (Å²) >= 11 is 0. The minimum Gasteiger partial charge on any atom is -0.496 e. The minimum atomic E-state index is 0.341. The number of rotatable bonds is 5. The van der Waals surface area contributed by atoms with Crippen molar-refractivity contribution in [1.29, 1.82) is 0 Å². The average molecular weight is 264 g/mol. The molecule has 0 aliphatic carbocycles. The first-order chi connectivity index (χ1) is 8.84. The molecule has 2 unspecified atom stereocenters. The Morgan fingerprint density at radius 1 is 1.21 bits per heavy atom. The number of ether oxygens (including phenoxy) is 1. The molecule has 0 amide bonds. The van der Waals surface area contributed by atoms with Gasteiger partial charge in [0.1, 0.15) is 5.75 Å². The molecule has 0 heterocycles. The summed E-state index contributed by atoms with van der Waals surface area (Å²) in [7, 11) is 5.97. The molecule has 3 nitrogen and oxygen atoms in total. The highest BCUT2D eigenvalue weighted by molar-refractivity contribution is 5.50. The molecule has 0 aliphatic heterocycles. The fourth-order valence-corrected chi connectivity index (χ4v) is 2.93. The van der Waals surface area contributed by atoms with Crippen LogP contribution >= 0.6 is 0 Å². The Bertz CT molecular complexity index is 441. The first-order valence-electron chi connectivity index (χ1n) is 6.86. The van der Waals surface area contributed by atoms with E-state index in [-0.39, 0.29) is 0 Å². The zero-order valence-electron chi connectivity index (χ0n) is 13.4. The van der Waals surface area contributed by atoms with Crippen molar-refractivity contribution in [3.8, 4) is 5.75 Å². The van der Waals surface area contributed by atoms with E-state index in [9.17, 15) is 0 Å². The quantitative estimate of drug-likeness (QED) is 0.888. The number of nitrogens with zero attached hydrogens (tertiary/aromatic N) is 1. The predicted octanol–water partition coefficient (Wildman–Crippen LogP) is 2.82. The molecule has 3 heteroatoms. The molecule has 0 saturated heterocycles. The number of aryl methyl sites for hydroxylation is 1. The van der Waals surface area contributed by atoms with Crippen molar-refractivity contribution in [2.24, 2.45) is 11.7 Å². The fourth-order valence-electron chi connectivity index (χ4n) is 2.93. The van der Waals surface area contributed by atoms with Crippen LogP contribution in [0, 0.1) is 26.7 Å². The standard InChI is InChI=1S/C16H28N2O/c1-10-8-14(12(3)13(4)16(10)19-7)15(18(5)6)11(2)9-17/h8,11,15H,9,17H2,1-7H3. The van der Waals surface area contributed by atoms with E-state index in [2.05, 4.69) is 52.8 Å². The van der Waals surface area contributed by atoms with Gasteiger partial charge in [-0.3, -0.25) is 0 Å². The molecule has 108 valence electrons. The third-order valence-corrected chi connectivity index (χ3v) is 4.06. The Hall–Kier alpha value is -1.06. The first kappa shape index (κ1) is 16.0. The van der Waals surface area contributed by atoms with Gasteiger partial charge in [0.05, 0.1) is 7.11 Å². The molecule has 1 aromatic rings. The van der Waals surface area contributed by atoms with E-state index in [1.165, 1.54) is 22.3 Å². The Morgan fingerprint density at radius 3 is 2.21 bits per heavy atom. The highest BCUT2D eigenvalue weighted by Gasteiger charge is 2.24. The first-order valence-corrected chi connectivity index (χ1v) is 6.86. The summed E-state index contributed by atoms with van der Waals surface area (Å²) in [5, 5.41) is 0. The highest BCUT2D eigenvalue weighted by atomic mass is 16.5. The SMILES string of the molecule is COc1c(C)cc(C(C(C)CN)N(C)C)c(C)c1C. The smallest absolute Gasteiger partial charge is 0.124 e. The molecule has 0 bridgehead atoms. The summed E-state index contributed by atoms with van der Waals surface area (Å²) in [6.45, 7) is 9.30. The monoisotopic (exact) mass is 264 g/mol. The van der Waals surface area contributed by atoms with Gasteiger partial charge in [-0.1, -0.05) is 13.0 Å². The molecule has 0 aliphatic rings. The summed E-state index contributed by atoms with van der Waals surface area (Å²) in [6.07, 6.45) is 0. The van der Waals surface area contributed by atoms with Gasteiger partial charge in [-0.05, 0) is 69.6 Å². The van der Waals surface area contributed by atoms with Crippen LogP contribution in [0.1, 0.15) is 35.2 Å². The van der Waals surface area contributed by atoms with Gasteiger partial charge in [0.15, 0.2) is 0 Å². The predicted molar refractivity (Wildman–Crippen MR) is 81.9 cm³/mol. The molecule has 0 fully saturated rings. The molecule has 1 rings (SSSR count). The van der Waals surface area contributed by atoms with Crippen molar-refractivity contribution in [2.75, 3.05) is 27.7 Å². The van der Waals surface area contributed by atoms with Crippen molar-refractivity contribution in [3.05, 3.63) is 28.3 Å². The normalized spacial score (nSPS) is 14.6. The van der Waals surface area contributed by atoms with Crippen molar-refractivity contribution < 1.29 is 4.74 Å². The maximum Gasteiger partial charge on any atom is 0.124 e. The number of hydrogen-bond donors (Lipinski definition) is 1. The molecular weight excluding hydrogens is 236 g/mol. The second-order valence-corrected chi connectivity index (χ2v) is 5.69. The minimum absolute atomic E-state index is 0.341. The van der Waals surface area contributed by atoms with E-state index in [0.717, 1.165) is 5.75 Å². The lowest BCUT2D eigenvalue weighted by Crippen LogP contribution is -2.31. The molecule has 0 spiro atoms. The van der Waals surface area contributed by atoms with E-state index < -0.39 is 0 Å². The van der Waals surface area contributed by atoms with Crippen LogP contribution in [0.5, 0.6) is 5.75 Å². The fraction of sp³-hybridized carbons (Fsp3) is 0.625. The maximum atomic E-state index is 5.88. The number of benzene rings is 1. The molecule has 0 aromatic heterocycles. The Kier molecular flexibility index (Phi) is 5.39. The van der Waals surface area contributed by atoms with Crippen LogP contribution in [0.15, 0.2) is 6.07 Å². The molecule has 2 atom stereocenters. The van der Waals surface area contributed by atoms with Gasteiger partial charge in [0.25, 0.3) is 0 Å². The van der Waals surface area contributed by atoms with E-state index in [1.54, 1.807) is 7.11 Å². The molecule has 19 heavy (non-hydrogen) atoms. The van der Waals surface area contributed by atoms with E-state index >= 15 is 0 Å². The topological polar surface area (TPSA) is 38.5 Å². The Balaban J connectivity index is 3.40. The van der Waals surface area contributed by atoms with E-state index in [0.29, 0.717) is 18.5 Å². The zero-order chi connectivity index (χ0) is 14.7. The van der Waals surface area contributed by atoms with E-state index in [4.69, 9.17) is 10.5 Å². The van der Waals surface area contributed by atoms with Crippen LogP contribution < -0.4 is 10.5 Å². The van der Waals surface area contributed by atoms with Gasteiger partial charge in [-0.2, -0.15) is 0 Å². The molecule has 1 aromatic carbocycles. The van der Waals surface area contributed by atoms with Crippen molar-refractivity contribution >= 4 is 0 Å². The molecular formula is C16H28N2O. The van der Waals surface area contributed by atoms with Crippen molar-refractivity contribution in [2.45, 2.75) is 33.7 Å². The number of nitrogens with two attached hydrogens (primary N) is 1. The van der Waals surface area contributed by atoms with Gasteiger partial charge < -0.3 is 15.4 Å². The largest absolute Gasteiger partial charge is 0.496 e. The third-order valence-electron chi connectivity index (χ3n) is 4.06. The Morgan fingerprint density at radius 2 is 1.79 bits per heavy atom. The van der Waals surface area contributed by atoms with Crippen molar-refractivity contribution in [1.82, 2.24) is 4.90 Å². The van der Waals surface area contributed by atoms with Crippen molar-refractivity contribution in [3.63, 3.8) is 0 Å². The zero-order valence-corrected chi connectivity index (χ0v) is 13.4. The second kappa shape index (κ2) is 6.40. The number of methoxy groups -OCH3 is 1. The molecule has 2 N–H and O–H groups in total. The molecule has 0 saturated carbocycles. The van der Waals surface area contributed by atoms with Crippen LogP contribution in [0.3, 0.4) is 0 Å². The van der Waals surface area contributed by atoms with Crippen LogP contribution in [0.25, 0.3) is 0 Å². The molecule has 0 radical (unpaired) electrons. The van der Waals surface area contributed by atoms with Gasteiger partial charge in [-0.25, -0.2) is 0 Å². The van der Waals surface area contributed by atoms with Crippen LogP contribution in [0.2, 0.25) is 0 Å². The Labute approximate surface area is 117 Å². The van der Waals surface area contributed by atoms with Gasteiger partial charge in [0.2, 0.25) is 0 Å². The van der Waals surface area contributed by atoms with Gasteiger partial charge in [-0.15, -0.1) is 0 Å². The maximum absolute atomic E-state index is 5.88. The van der Waals surface area contributed by atoms with Crippen LogP contribution in [-0.4, -0.2) is 32.6 Å². The summed E-state index contributed by atoms with van der Waals surface area (Å²) in [5.74, 6) is 1.42. The lowest BCUT2D eigenvalue weighted by atomic mass is 9.87. The van der Waals surface area contributed by atoms with Gasteiger partial charge >= 0.3 is 0 Å². The number of hydrogen-bond acceptors (Lipinski definition) is 3. The third kappa shape index (κ3) is 3.10. The second-order valence-electron chi connectivity index (χ2n) is 5.69. The average Bonchev–Trinajstić information content (AvgIpc) is 2.35. The summed E-state index contributed by atoms with van der Waals surface area (Å²) in [6, 6.07) is 2.59. The van der Waals surface area contributed by atoms with Gasteiger partial charge in [0, 0.05) is 6.04 Å². The van der Waals surface area contributed by atoms with Crippen LogP contribution in [0.4, 0.5) is 0 Å². The lowest BCUT2D eigenvalue weighted by molar-refractivity contribution is 0.226. The highest BCUT2D eigenvalue weighted by Crippen LogP contribution is 2.35. The summed E-state index contributed by atoms with van der Waals surface area (Å²) < 4.78 is 5.50. The van der Waals surface area contributed by atoms with E-state index in [1.807, 2.05) is 0 Å².